The summed E-state index contributed by atoms with van der Waals surface area (Å²) in [6, 6.07) is 1.07. The van der Waals surface area contributed by atoms with E-state index in [2.05, 4.69) is 17.3 Å². The lowest BCUT2D eigenvalue weighted by atomic mass is 9.83. The minimum Gasteiger partial charge on any atom is -0.468 e. The molecule has 4 heteroatoms. The molecule has 0 aromatic rings. The summed E-state index contributed by atoms with van der Waals surface area (Å²) < 4.78 is 4.92. The average molecular weight is 212 g/mol. The summed E-state index contributed by atoms with van der Waals surface area (Å²) in [5.41, 5.74) is -0.437. The van der Waals surface area contributed by atoms with Gasteiger partial charge in [0.1, 0.15) is 5.54 Å². The average Bonchev–Trinajstić information content (AvgIpc) is 2.52. The van der Waals surface area contributed by atoms with Crippen molar-refractivity contribution in [3.63, 3.8) is 0 Å². The molecule has 0 aliphatic carbocycles. The van der Waals surface area contributed by atoms with Crippen LogP contribution in [0.2, 0.25) is 0 Å². The van der Waals surface area contributed by atoms with Gasteiger partial charge in [-0.05, 0) is 39.8 Å². The zero-order valence-electron chi connectivity index (χ0n) is 9.75. The van der Waals surface area contributed by atoms with E-state index < -0.39 is 5.54 Å². The smallest absolute Gasteiger partial charge is 0.326 e. The zero-order valence-corrected chi connectivity index (χ0v) is 9.75. The molecule has 4 nitrogen and oxygen atoms in total. The predicted molar refractivity (Wildman–Crippen MR) is 57.6 cm³/mol. The number of fused-ring (bicyclic) bond motifs is 2. The minimum atomic E-state index is -0.437. The Balaban J connectivity index is 2.20. The van der Waals surface area contributed by atoms with Crippen molar-refractivity contribution in [2.75, 3.05) is 21.2 Å². The molecule has 2 fully saturated rings. The highest BCUT2D eigenvalue weighted by molar-refractivity contribution is 5.81. The van der Waals surface area contributed by atoms with Crippen LogP contribution in [0.25, 0.3) is 0 Å². The number of likely N-dealkylation sites (N-methyl/N-ethyl adjacent to an activating group) is 1. The number of esters is 1. The predicted octanol–water partition coefficient (Wildman–Crippen LogP) is 0.374. The van der Waals surface area contributed by atoms with Gasteiger partial charge in [0.05, 0.1) is 7.11 Å². The van der Waals surface area contributed by atoms with Crippen molar-refractivity contribution in [2.45, 2.75) is 43.3 Å². The largest absolute Gasteiger partial charge is 0.468 e. The van der Waals surface area contributed by atoms with Crippen LogP contribution in [0.3, 0.4) is 0 Å². The molecule has 0 spiro atoms. The standard InChI is InChI=1S/C11H20N2O2/c1-12-11(10(14)15-3)6-8-4-5-9(7-11)13(8)2/h8-9,12H,4-7H2,1-3H3. The van der Waals surface area contributed by atoms with Crippen molar-refractivity contribution in [3.8, 4) is 0 Å². The lowest BCUT2D eigenvalue weighted by Gasteiger charge is -2.43. The third-order valence-corrected chi connectivity index (χ3v) is 4.21. The number of ether oxygens (including phenoxy) is 1. The first-order chi connectivity index (χ1) is 7.13. The summed E-state index contributed by atoms with van der Waals surface area (Å²) >= 11 is 0. The number of hydrogen-bond donors (Lipinski definition) is 1. The third-order valence-electron chi connectivity index (χ3n) is 4.21. The normalized spacial score (nSPS) is 40.5. The molecular weight excluding hydrogens is 192 g/mol. The van der Waals surface area contributed by atoms with Crippen molar-refractivity contribution >= 4 is 5.97 Å². The van der Waals surface area contributed by atoms with Gasteiger partial charge in [-0.1, -0.05) is 0 Å². The third kappa shape index (κ3) is 1.56. The highest BCUT2D eigenvalue weighted by atomic mass is 16.5. The van der Waals surface area contributed by atoms with Crippen molar-refractivity contribution in [1.82, 2.24) is 10.2 Å². The minimum absolute atomic E-state index is 0.102. The number of nitrogens with zero attached hydrogens (tertiary/aromatic N) is 1. The van der Waals surface area contributed by atoms with E-state index >= 15 is 0 Å². The van der Waals surface area contributed by atoms with Crippen LogP contribution in [-0.2, 0) is 9.53 Å². The van der Waals surface area contributed by atoms with Gasteiger partial charge in [0, 0.05) is 12.1 Å². The molecule has 0 radical (unpaired) electrons. The molecule has 2 aliphatic rings. The van der Waals surface area contributed by atoms with Crippen LogP contribution < -0.4 is 5.32 Å². The maximum atomic E-state index is 11.8. The van der Waals surface area contributed by atoms with Crippen molar-refractivity contribution in [2.24, 2.45) is 0 Å². The van der Waals surface area contributed by atoms with Gasteiger partial charge in [-0.2, -0.15) is 0 Å². The van der Waals surface area contributed by atoms with Crippen LogP contribution in [0.1, 0.15) is 25.7 Å². The Morgan fingerprint density at radius 3 is 2.33 bits per heavy atom. The first kappa shape index (κ1) is 10.9. The van der Waals surface area contributed by atoms with E-state index in [1.54, 1.807) is 0 Å². The Labute approximate surface area is 91.0 Å². The van der Waals surface area contributed by atoms with Crippen LogP contribution in [0, 0.1) is 0 Å². The summed E-state index contributed by atoms with van der Waals surface area (Å²) in [4.78, 5) is 14.3. The molecule has 2 saturated heterocycles. The van der Waals surface area contributed by atoms with Gasteiger partial charge in [-0.3, -0.25) is 4.79 Å². The van der Waals surface area contributed by atoms with Gasteiger partial charge in [0.25, 0.3) is 0 Å². The molecule has 1 N–H and O–H groups in total. The van der Waals surface area contributed by atoms with Crippen LogP contribution in [0.15, 0.2) is 0 Å². The molecule has 2 rings (SSSR count). The van der Waals surface area contributed by atoms with Crippen molar-refractivity contribution in [3.05, 3.63) is 0 Å². The van der Waals surface area contributed by atoms with E-state index in [1.165, 1.54) is 20.0 Å². The SMILES string of the molecule is CNC1(C(=O)OC)CC2CCC(C1)N2C. The first-order valence-corrected chi connectivity index (χ1v) is 5.62. The Hall–Kier alpha value is -0.610. The summed E-state index contributed by atoms with van der Waals surface area (Å²) in [6.07, 6.45) is 4.18. The van der Waals surface area contributed by atoms with Crippen LogP contribution in [0.4, 0.5) is 0 Å². The van der Waals surface area contributed by atoms with Gasteiger partial charge >= 0.3 is 5.97 Å². The number of hydrogen-bond acceptors (Lipinski definition) is 4. The number of nitrogens with one attached hydrogen (secondary N) is 1. The van der Waals surface area contributed by atoms with E-state index in [9.17, 15) is 4.79 Å². The first-order valence-electron chi connectivity index (χ1n) is 5.62. The zero-order chi connectivity index (χ0) is 11.1. The fraction of sp³-hybridized carbons (Fsp3) is 0.909. The number of carbonyl (C=O) groups excluding carboxylic acids is 1. The molecule has 86 valence electrons. The summed E-state index contributed by atoms with van der Waals surface area (Å²) in [6.45, 7) is 0. The lowest BCUT2D eigenvalue weighted by Crippen LogP contribution is -2.60. The van der Waals surface area contributed by atoms with Crippen molar-refractivity contribution < 1.29 is 9.53 Å². The maximum absolute atomic E-state index is 11.8. The molecule has 2 atom stereocenters. The maximum Gasteiger partial charge on any atom is 0.326 e. The molecule has 2 bridgehead atoms. The van der Waals surface area contributed by atoms with Crippen LogP contribution >= 0.6 is 0 Å². The highest BCUT2D eigenvalue weighted by Gasteiger charge is 2.50. The fourth-order valence-corrected chi connectivity index (χ4v) is 3.14. The highest BCUT2D eigenvalue weighted by Crippen LogP contribution is 2.40. The molecule has 2 aliphatic heterocycles. The summed E-state index contributed by atoms with van der Waals surface area (Å²) in [5.74, 6) is -0.102. The lowest BCUT2D eigenvalue weighted by molar-refractivity contribution is -0.151. The molecule has 2 heterocycles. The Bertz CT molecular complexity index is 253. The molecule has 0 aromatic heterocycles. The van der Waals surface area contributed by atoms with E-state index in [0.717, 1.165) is 12.8 Å². The molecule has 0 saturated carbocycles. The Morgan fingerprint density at radius 2 is 1.93 bits per heavy atom. The monoisotopic (exact) mass is 212 g/mol. The van der Waals surface area contributed by atoms with Gasteiger partial charge < -0.3 is 15.0 Å². The number of rotatable bonds is 2. The Kier molecular flexibility index (Phi) is 2.73. The van der Waals surface area contributed by atoms with E-state index in [0.29, 0.717) is 12.1 Å². The van der Waals surface area contributed by atoms with Crippen LogP contribution in [-0.4, -0.2) is 49.7 Å². The van der Waals surface area contributed by atoms with E-state index in [4.69, 9.17) is 4.74 Å². The molecule has 2 unspecified atom stereocenters. The number of carbonyl (C=O) groups is 1. The van der Waals surface area contributed by atoms with Gasteiger partial charge in [-0.25, -0.2) is 0 Å². The molecular formula is C11H20N2O2. The van der Waals surface area contributed by atoms with Gasteiger partial charge in [0.2, 0.25) is 0 Å². The van der Waals surface area contributed by atoms with Crippen molar-refractivity contribution in [1.29, 1.82) is 0 Å². The number of piperidine rings is 1. The topological polar surface area (TPSA) is 41.6 Å². The second-order valence-electron chi connectivity index (χ2n) is 4.78. The molecule has 0 aromatic carbocycles. The van der Waals surface area contributed by atoms with Gasteiger partial charge in [0.15, 0.2) is 0 Å². The Morgan fingerprint density at radius 1 is 1.40 bits per heavy atom. The molecule has 0 amide bonds. The molecule has 15 heavy (non-hydrogen) atoms. The summed E-state index contributed by atoms with van der Waals surface area (Å²) in [7, 11) is 5.50. The van der Waals surface area contributed by atoms with Gasteiger partial charge in [-0.15, -0.1) is 0 Å². The second-order valence-corrected chi connectivity index (χ2v) is 4.78. The quantitative estimate of drug-likeness (QED) is 0.672. The van der Waals surface area contributed by atoms with E-state index in [-0.39, 0.29) is 5.97 Å². The van der Waals surface area contributed by atoms with E-state index in [1.807, 2.05) is 7.05 Å². The second kappa shape index (κ2) is 3.76. The number of methoxy groups -OCH3 is 1. The fourth-order valence-electron chi connectivity index (χ4n) is 3.14. The van der Waals surface area contributed by atoms with Crippen LogP contribution in [0.5, 0.6) is 0 Å². The summed E-state index contributed by atoms with van der Waals surface area (Å²) in [5, 5.41) is 3.19.